The van der Waals surface area contributed by atoms with E-state index in [1.165, 1.54) is 6.42 Å². The van der Waals surface area contributed by atoms with Crippen molar-refractivity contribution >= 4 is 17.7 Å². The Labute approximate surface area is 85.5 Å². The summed E-state index contributed by atoms with van der Waals surface area (Å²) >= 11 is 1.87. The van der Waals surface area contributed by atoms with Gasteiger partial charge in [-0.3, -0.25) is 0 Å². The van der Waals surface area contributed by atoms with Crippen molar-refractivity contribution in [2.24, 2.45) is 0 Å². The Hall–Kier alpha value is 0.117. The number of rotatable bonds is 6. The van der Waals surface area contributed by atoms with E-state index in [0.29, 0.717) is 0 Å². The third-order valence-electron chi connectivity index (χ3n) is 1.67. The van der Waals surface area contributed by atoms with Crippen molar-refractivity contribution in [2.75, 3.05) is 6.61 Å². The second kappa shape index (κ2) is 9.21. The zero-order valence-electron chi connectivity index (χ0n) is 8.52. The molecule has 0 fully saturated rings. The molecule has 1 unspecified atom stereocenters. The summed E-state index contributed by atoms with van der Waals surface area (Å²) in [6.45, 7) is 5.19. The quantitative estimate of drug-likeness (QED) is 0.328. The van der Waals surface area contributed by atoms with Crippen molar-refractivity contribution < 1.29 is 4.74 Å². The SMILES string of the molecule is [Li][C]#CC(CCC)OCCCC. The van der Waals surface area contributed by atoms with Gasteiger partial charge in [-0.2, -0.15) is 0 Å². The molecule has 1 nitrogen and oxygen atoms in total. The van der Waals surface area contributed by atoms with Crippen LogP contribution in [-0.2, 0) is 4.74 Å². The first-order chi connectivity index (χ1) is 5.85. The Morgan fingerprint density at radius 2 is 2.08 bits per heavy atom. The Kier molecular flexibility index (Phi) is 9.30. The summed E-state index contributed by atoms with van der Waals surface area (Å²) in [4.78, 5) is 0. The monoisotopic (exact) mass is 160 g/mol. The molecule has 0 aliphatic carbocycles. The van der Waals surface area contributed by atoms with Crippen LogP contribution in [0.5, 0.6) is 0 Å². The summed E-state index contributed by atoms with van der Waals surface area (Å²) in [5, 5.41) is 0. The van der Waals surface area contributed by atoms with E-state index < -0.39 is 0 Å². The van der Waals surface area contributed by atoms with Gasteiger partial charge in [-0.15, -0.1) is 0 Å². The van der Waals surface area contributed by atoms with E-state index in [9.17, 15) is 0 Å². The molecule has 0 N–H and O–H groups in total. The Morgan fingerprint density at radius 3 is 2.58 bits per heavy atom. The van der Waals surface area contributed by atoms with E-state index in [1.807, 2.05) is 17.7 Å². The zero-order chi connectivity index (χ0) is 9.23. The van der Waals surface area contributed by atoms with Crippen molar-refractivity contribution in [3.05, 3.63) is 0 Å². The second-order valence-corrected chi connectivity index (χ2v) is 2.90. The van der Waals surface area contributed by atoms with Crippen LogP contribution < -0.4 is 0 Å². The zero-order valence-corrected chi connectivity index (χ0v) is 8.52. The van der Waals surface area contributed by atoms with Crippen LogP contribution >= 0.6 is 0 Å². The third-order valence-corrected chi connectivity index (χ3v) is 1.67. The van der Waals surface area contributed by atoms with E-state index in [4.69, 9.17) is 4.74 Å². The van der Waals surface area contributed by atoms with Gasteiger partial charge in [-0.1, -0.05) is 0 Å². The molecule has 0 saturated carbocycles. The fourth-order valence-corrected chi connectivity index (χ4v) is 0.990. The van der Waals surface area contributed by atoms with Gasteiger partial charge in [0.1, 0.15) is 0 Å². The maximum absolute atomic E-state index is 5.59. The predicted molar refractivity (Wildman–Crippen MR) is 53.1 cm³/mol. The molecular formula is C10H17LiO. The summed E-state index contributed by atoms with van der Waals surface area (Å²) in [5.41, 5.74) is 0. The van der Waals surface area contributed by atoms with Crippen molar-refractivity contribution in [2.45, 2.75) is 45.6 Å². The Bertz CT molecular complexity index is 146. The molecule has 0 heterocycles. The van der Waals surface area contributed by atoms with Gasteiger partial charge in [0.2, 0.25) is 0 Å². The van der Waals surface area contributed by atoms with Crippen molar-refractivity contribution in [3.8, 4) is 10.5 Å². The Balaban J connectivity index is 3.53. The van der Waals surface area contributed by atoms with Gasteiger partial charge >= 0.3 is 85.2 Å². The van der Waals surface area contributed by atoms with E-state index in [-0.39, 0.29) is 6.10 Å². The molecule has 64 valence electrons. The van der Waals surface area contributed by atoms with Crippen LogP contribution in [0.3, 0.4) is 0 Å². The first-order valence-corrected chi connectivity index (χ1v) is 4.89. The molecule has 0 aliphatic heterocycles. The molecule has 0 aromatic rings. The maximum atomic E-state index is 5.59. The van der Waals surface area contributed by atoms with E-state index in [0.717, 1.165) is 25.9 Å². The normalized spacial score (nSPS) is 12.0. The van der Waals surface area contributed by atoms with E-state index >= 15 is 0 Å². The first kappa shape index (κ1) is 12.1. The average molecular weight is 160 g/mol. The number of hydrogen-bond donors (Lipinski definition) is 0. The fraction of sp³-hybridized carbons (Fsp3) is 0.800. The van der Waals surface area contributed by atoms with Gasteiger partial charge in [0, 0.05) is 0 Å². The minimum atomic E-state index is 0.173. The Morgan fingerprint density at radius 1 is 1.33 bits per heavy atom. The number of unbranched alkanes of at least 4 members (excludes halogenated alkanes) is 1. The molecule has 0 aromatic heterocycles. The second-order valence-electron chi connectivity index (χ2n) is 2.90. The van der Waals surface area contributed by atoms with Crippen molar-refractivity contribution in [3.63, 3.8) is 0 Å². The van der Waals surface area contributed by atoms with Gasteiger partial charge < -0.3 is 0 Å². The standard InChI is InChI=1S/C10H17O.Li/c1-4-7-9-11-10(6-3)8-5-2;/h10H,4-5,7-9H2,1-2H3;. The van der Waals surface area contributed by atoms with Gasteiger partial charge in [-0.25, -0.2) is 0 Å². The summed E-state index contributed by atoms with van der Waals surface area (Å²) in [6, 6.07) is 0. The van der Waals surface area contributed by atoms with Crippen LogP contribution in [0.1, 0.15) is 39.5 Å². The first-order valence-electron chi connectivity index (χ1n) is 4.89. The molecule has 12 heavy (non-hydrogen) atoms. The minimum absolute atomic E-state index is 0.173. The molecule has 0 aliphatic rings. The number of hydrogen-bond acceptors (Lipinski definition) is 1. The van der Waals surface area contributed by atoms with Gasteiger partial charge in [0.15, 0.2) is 0 Å². The predicted octanol–water partition coefficient (Wildman–Crippen LogP) is 2.10. The molecule has 0 spiro atoms. The van der Waals surface area contributed by atoms with E-state index in [1.54, 1.807) is 0 Å². The molecule has 0 saturated heterocycles. The number of ether oxygens (including phenoxy) is 1. The van der Waals surface area contributed by atoms with Crippen LogP contribution in [0.2, 0.25) is 0 Å². The van der Waals surface area contributed by atoms with Gasteiger partial charge in [0.05, 0.1) is 0 Å². The molecule has 0 radical (unpaired) electrons. The molecule has 2 heteroatoms. The molecule has 0 bridgehead atoms. The van der Waals surface area contributed by atoms with Crippen LogP contribution in [-0.4, -0.2) is 30.4 Å². The molecule has 0 amide bonds. The summed E-state index contributed by atoms with van der Waals surface area (Å²) in [6.07, 6.45) is 4.71. The molecule has 0 rings (SSSR count). The molecular weight excluding hydrogens is 143 g/mol. The van der Waals surface area contributed by atoms with Crippen LogP contribution in [0.4, 0.5) is 0 Å². The topological polar surface area (TPSA) is 9.23 Å². The summed E-state index contributed by atoms with van der Waals surface area (Å²) < 4.78 is 8.49. The third kappa shape index (κ3) is 6.80. The van der Waals surface area contributed by atoms with Gasteiger partial charge in [0.25, 0.3) is 0 Å². The van der Waals surface area contributed by atoms with Crippen molar-refractivity contribution in [1.29, 1.82) is 0 Å². The van der Waals surface area contributed by atoms with Gasteiger partial charge in [-0.05, 0) is 0 Å². The van der Waals surface area contributed by atoms with Crippen molar-refractivity contribution in [1.82, 2.24) is 0 Å². The van der Waals surface area contributed by atoms with Crippen LogP contribution in [0.15, 0.2) is 0 Å². The van der Waals surface area contributed by atoms with E-state index in [2.05, 4.69) is 24.4 Å². The fourth-order valence-electron chi connectivity index (χ4n) is 0.990. The average Bonchev–Trinajstić information content (AvgIpc) is 2.06. The summed E-state index contributed by atoms with van der Waals surface area (Å²) in [5.74, 6) is 3.07. The molecule has 1 atom stereocenters. The summed E-state index contributed by atoms with van der Waals surface area (Å²) in [7, 11) is 0. The molecule has 0 aromatic carbocycles. The van der Waals surface area contributed by atoms with Crippen LogP contribution in [0.25, 0.3) is 0 Å². The van der Waals surface area contributed by atoms with Crippen LogP contribution in [0, 0.1) is 10.5 Å².